The highest BCUT2D eigenvalue weighted by Crippen LogP contribution is 2.38. The minimum Gasteiger partial charge on any atom is -0.756 e. The summed E-state index contributed by atoms with van der Waals surface area (Å²) in [4.78, 5) is 38.0. The summed E-state index contributed by atoms with van der Waals surface area (Å²) in [5.74, 6) is -0.856. The lowest BCUT2D eigenvalue weighted by Crippen LogP contribution is -2.37. The lowest BCUT2D eigenvalue weighted by atomic mass is 10.0. The SMILES string of the molecule is CC/C=C\C/C=C\C/C=C\C/C=C\C/C=C\C/C=C\C/C=C\C/C=C\CCCCCCCCCCCCCCCCC(=O)OC(COC(=O)CCCCCCCC/C=C\C/C=C\C/C=C\C/C=C\CC)COP(=O)([O-])OCC[N+](C)(C)C. The van der Waals surface area contributed by atoms with Gasteiger partial charge < -0.3 is 27.9 Å². The first-order valence-electron chi connectivity index (χ1n) is 32.5. The first kappa shape index (κ1) is 77.9. The number of phosphoric acid groups is 1. The molecule has 0 spiro atoms. The predicted octanol–water partition coefficient (Wildman–Crippen LogP) is 20.4. The van der Waals surface area contributed by atoms with Crippen LogP contribution >= 0.6 is 7.82 Å². The van der Waals surface area contributed by atoms with Gasteiger partial charge in [-0.15, -0.1) is 0 Å². The molecule has 2 atom stereocenters. The molecule has 2 unspecified atom stereocenters. The Morgan fingerprint density at radius 2 is 0.659 bits per heavy atom. The maximum atomic E-state index is 12.8. The van der Waals surface area contributed by atoms with Crippen molar-refractivity contribution in [1.29, 1.82) is 0 Å². The number of quaternary nitrogens is 1. The van der Waals surface area contributed by atoms with E-state index in [1.807, 2.05) is 21.1 Å². The van der Waals surface area contributed by atoms with Crippen LogP contribution in [-0.2, 0) is 32.7 Å². The molecule has 82 heavy (non-hydrogen) atoms. The lowest BCUT2D eigenvalue weighted by Gasteiger charge is -2.28. The molecule has 0 aromatic heterocycles. The van der Waals surface area contributed by atoms with E-state index in [1.54, 1.807) is 0 Å². The van der Waals surface area contributed by atoms with Gasteiger partial charge in [0.25, 0.3) is 7.82 Å². The zero-order valence-electron chi connectivity index (χ0n) is 52.9. The molecule has 0 aliphatic heterocycles. The Morgan fingerprint density at radius 1 is 0.378 bits per heavy atom. The molecule has 0 aromatic carbocycles. The lowest BCUT2D eigenvalue weighted by molar-refractivity contribution is -0.870. The van der Waals surface area contributed by atoms with Gasteiger partial charge in [-0.1, -0.05) is 262 Å². The van der Waals surface area contributed by atoms with Crippen LogP contribution in [0.4, 0.5) is 0 Å². The molecule has 0 saturated heterocycles. The van der Waals surface area contributed by atoms with E-state index >= 15 is 0 Å². The highest BCUT2D eigenvalue weighted by atomic mass is 31.2. The Kier molecular flexibility index (Phi) is 58.4. The molecule has 0 bridgehead atoms. The second kappa shape index (κ2) is 61.5. The van der Waals surface area contributed by atoms with Crippen LogP contribution < -0.4 is 4.89 Å². The summed E-state index contributed by atoms with van der Waals surface area (Å²) in [6.45, 7) is 3.99. The van der Waals surface area contributed by atoms with Gasteiger partial charge >= 0.3 is 11.9 Å². The van der Waals surface area contributed by atoms with Crippen molar-refractivity contribution in [2.45, 2.75) is 251 Å². The Labute approximate surface area is 503 Å². The Bertz CT molecular complexity index is 1890. The second-order valence-corrected chi connectivity index (χ2v) is 23.8. The van der Waals surface area contributed by atoms with Gasteiger partial charge in [0.2, 0.25) is 0 Å². The predicted molar refractivity (Wildman–Crippen MR) is 350 cm³/mol. The number of esters is 2. The molecule has 0 amide bonds. The largest absolute Gasteiger partial charge is 0.756 e. The smallest absolute Gasteiger partial charge is 0.306 e. The number of ether oxygens (including phenoxy) is 2. The molecule has 10 heteroatoms. The number of carbonyl (C=O) groups is 2. The zero-order valence-corrected chi connectivity index (χ0v) is 53.8. The number of allylic oxidation sites excluding steroid dienone is 24. The van der Waals surface area contributed by atoms with E-state index in [1.165, 1.54) is 70.6 Å². The van der Waals surface area contributed by atoms with Crippen molar-refractivity contribution in [3.63, 3.8) is 0 Å². The Balaban J connectivity index is 4.08. The number of hydrogen-bond acceptors (Lipinski definition) is 8. The summed E-state index contributed by atoms with van der Waals surface area (Å²) >= 11 is 0. The van der Waals surface area contributed by atoms with Gasteiger partial charge in [-0.25, -0.2) is 0 Å². The first-order chi connectivity index (χ1) is 40.0. The number of nitrogens with zero attached hydrogens (tertiary/aromatic N) is 1. The molecular weight excluding hydrogens is 1040 g/mol. The molecule has 466 valence electrons. The minimum absolute atomic E-state index is 0.0399. The summed E-state index contributed by atoms with van der Waals surface area (Å²) in [7, 11) is 1.14. The van der Waals surface area contributed by atoms with Crippen molar-refractivity contribution in [2.24, 2.45) is 0 Å². The molecule has 0 fully saturated rings. The number of unbranched alkanes of at least 4 members (excludes halogenated alkanes) is 20. The van der Waals surface area contributed by atoms with Crippen LogP contribution in [0.3, 0.4) is 0 Å². The van der Waals surface area contributed by atoms with E-state index in [0.29, 0.717) is 23.9 Å². The Morgan fingerprint density at radius 3 is 0.976 bits per heavy atom. The highest BCUT2D eigenvalue weighted by Gasteiger charge is 2.22. The van der Waals surface area contributed by atoms with Gasteiger partial charge in [0.1, 0.15) is 19.8 Å². The van der Waals surface area contributed by atoms with Gasteiger partial charge in [0.05, 0.1) is 27.7 Å². The molecule has 0 rings (SSSR count). The van der Waals surface area contributed by atoms with Gasteiger partial charge in [0, 0.05) is 12.8 Å². The molecule has 0 aliphatic rings. The number of rotatable bonds is 58. The molecule has 0 heterocycles. The zero-order chi connectivity index (χ0) is 59.8. The van der Waals surface area contributed by atoms with Crippen LogP contribution in [0.5, 0.6) is 0 Å². The second-order valence-electron chi connectivity index (χ2n) is 22.4. The average molecular weight is 1160 g/mol. The first-order valence-corrected chi connectivity index (χ1v) is 34.0. The van der Waals surface area contributed by atoms with Crippen molar-refractivity contribution in [1.82, 2.24) is 0 Å². The molecule has 0 radical (unpaired) electrons. The summed E-state index contributed by atoms with van der Waals surface area (Å²) in [5.41, 5.74) is 0. The topological polar surface area (TPSA) is 111 Å². The maximum Gasteiger partial charge on any atom is 0.306 e. The van der Waals surface area contributed by atoms with Crippen LogP contribution in [0.25, 0.3) is 0 Å². The fraction of sp³-hybridized carbons (Fsp3) is 0.639. The van der Waals surface area contributed by atoms with Crippen molar-refractivity contribution in [3.05, 3.63) is 146 Å². The van der Waals surface area contributed by atoms with E-state index in [9.17, 15) is 19.0 Å². The molecule has 0 saturated carbocycles. The molecule has 0 N–H and O–H groups in total. The number of likely N-dealkylation sites (N-methyl/N-ethyl adjacent to an activating group) is 1. The maximum absolute atomic E-state index is 12.8. The number of phosphoric ester groups is 1. The van der Waals surface area contributed by atoms with Gasteiger partial charge in [-0.05, 0) is 116 Å². The molecule has 0 aliphatic carbocycles. The fourth-order valence-electron chi connectivity index (χ4n) is 8.43. The van der Waals surface area contributed by atoms with E-state index < -0.39 is 32.5 Å². The third-order valence-electron chi connectivity index (χ3n) is 13.4. The summed E-state index contributed by atoms with van der Waals surface area (Å²) in [6, 6.07) is 0. The van der Waals surface area contributed by atoms with Crippen molar-refractivity contribution in [2.75, 3.05) is 47.5 Å². The minimum atomic E-state index is -4.65. The normalized spacial score (nSPS) is 14.2. The van der Waals surface area contributed by atoms with Crippen molar-refractivity contribution in [3.8, 4) is 0 Å². The van der Waals surface area contributed by atoms with Gasteiger partial charge in [-0.3, -0.25) is 14.2 Å². The van der Waals surface area contributed by atoms with E-state index in [2.05, 4.69) is 160 Å². The highest BCUT2D eigenvalue weighted by molar-refractivity contribution is 7.45. The van der Waals surface area contributed by atoms with E-state index in [4.69, 9.17) is 18.5 Å². The molecule has 9 nitrogen and oxygen atoms in total. The quantitative estimate of drug-likeness (QED) is 0.0195. The van der Waals surface area contributed by atoms with E-state index in [0.717, 1.165) is 135 Å². The van der Waals surface area contributed by atoms with Crippen LogP contribution in [0.15, 0.2) is 146 Å². The van der Waals surface area contributed by atoms with Crippen LogP contribution in [-0.4, -0.2) is 70.0 Å². The van der Waals surface area contributed by atoms with Crippen molar-refractivity contribution >= 4 is 19.8 Å². The molecular formula is C72H120NO8P. The van der Waals surface area contributed by atoms with Crippen LogP contribution in [0.2, 0.25) is 0 Å². The third-order valence-corrected chi connectivity index (χ3v) is 14.3. The van der Waals surface area contributed by atoms with Gasteiger partial charge in [0.15, 0.2) is 6.10 Å². The van der Waals surface area contributed by atoms with Crippen LogP contribution in [0.1, 0.15) is 245 Å². The summed E-state index contributed by atoms with van der Waals surface area (Å²) < 4.78 is 34.2. The van der Waals surface area contributed by atoms with Crippen molar-refractivity contribution < 1.29 is 42.1 Å². The summed E-state index contributed by atoms with van der Waals surface area (Å²) in [6.07, 6.45) is 90.5. The monoisotopic (exact) mass is 1160 g/mol. The van der Waals surface area contributed by atoms with E-state index in [-0.39, 0.29) is 26.1 Å². The third kappa shape index (κ3) is 65.0. The standard InChI is InChI=1S/C72H120NO8P/c1-6-8-10-12-14-16-18-20-22-24-26-27-28-29-30-31-32-33-34-35-36-37-38-39-40-41-42-43-44-45-47-49-51-53-55-57-59-61-63-65-72(75)81-70(69-80-82(76,77)79-67-66-73(3,4)5)68-78-71(74)64-62-60-58-56-54-52-50-48-46-25-23-21-19-17-15-13-11-9-7-2/h8-11,14-17,20-23,26-27,29-30,32-33,35-36,38-39,46,48,70H,6-7,12-13,18-19,24-25,28,31,34,37,40-45,47,49-69H2,1-5H3/b10-8-,11-9-,16-14-,17-15-,22-20-,23-21-,27-26-,30-29-,33-32-,36-35-,39-38-,48-46-. The Hall–Kier alpha value is -4.11. The fourth-order valence-corrected chi connectivity index (χ4v) is 9.16. The summed E-state index contributed by atoms with van der Waals surface area (Å²) in [5, 5.41) is 0. The van der Waals surface area contributed by atoms with Crippen LogP contribution in [0, 0.1) is 0 Å². The molecule has 0 aromatic rings. The number of hydrogen-bond donors (Lipinski definition) is 0. The number of carbonyl (C=O) groups excluding carboxylic acids is 2. The average Bonchev–Trinajstić information content (AvgIpc) is 3.46. The van der Waals surface area contributed by atoms with Gasteiger partial charge in [-0.2, -0.15) is 0 Å².